The van der Waals surface area contributed by atoms with Crippen LogP contribution >= 0.6 is 0 Å². The van der Waals surface area contributed by atoms with Crippen LogP contribution in [0.4, 0.5) is 0 Å². The molecule has 0 aliphatic carbocycles. The highest BCUT2D eigenvalue weighted by atomic mass is 16.4. The Hall–Kier alpha value is -1.08. The molecule has 1 atom stereocenters. The van der Waals surface area contributed by atoms with Gasteiger partial charge < -0.3 is 5.11 Å². The number of aliphatic carboxylic acids is 1. The van der Waals surface area contributed by atoms with E-state index in [9.17, 15) is 4.79 Å². The third-order valence-electron chi connectivity index (χ3n) is 3.20. The minimum atomic E-state index is -0.919. The van der Waals surface area contributed by atoms with Crippen LogP contribution in [0.5, 0.6) is 0 Å². The number of rotatable bonds is 5. The lowest BCUT2D eigenvalue weighted by Crippen LogP contribution is -2.57. The number of nitriles is 1. The first-order chi connectivity index (χ1) is 6.69. The molecule has 0 aromatic carbocycles. The molecule has 0 aromatic rings. The van der Waals surface area contributed by atoms with Crippen molar-refractivity contribution in [2.24, 2.45) is 5.41 Å². The summed E-state index contributed by atoms with van der Waals surface area (Å²) in [6, 6.07) is 1.81. The Balaban J connectivity index is 4.83. The Bertz CT molecular complexity index is 277. The van der Waals surface area contributed by atoms with Crippen molar-refractivity contribution >= 4 is 5.97 Å². The predicted molar refractivity (Wildman–Crippen MR) is 58.3 cm³/mol. The van der Waals surface area contributed by atoms with E-state index < -0.39 is 16.9 Å². The van der Waals surface area contributed by atoms with Crippen LogP contribution in [0.1, 0.15) is 41.0 Å². The summed E-state index contributed by atoms with van der Waals surface area (Å²) in [5.41, 5.74) is -1.55. The molecule has 15 heavy (non-hydrogen) atoms. The summed E-state index contributed by atoms with van der Waals surface area (Å²) in [4.78, 5) is 11.1. The number of carbonyl (C=O) groups is 1. The number of nitrogens with one attached hydrogen (secondary N) is 1. The zero-order valence-electron chi connectivity index (χ0n) is 10.1. The molecular weight excluding hydrogens is 192 g/mol. The Labute approximate surface area is 91.3 Å². The first kappa shape index (κ1) is 13.9. The minimum absolute atomic E-state index is 0.307. The summed E-state index contributed by atoms with van der Waals surface area (Å²) in [5.74, 6) is -0.868. The third kappa shape index (κ3) is 2.93. The van der Waals surface area contributed by atoms with E-state index in [1.807, 2.05) is 6.92 Å². The lowest BCUT2D eigenvalue weighted by atomic mass is 9.74. The van der Waals surface area contributed by atoms with Gasteiger partial charge in [0.15, 0.2) is 0 Å². The summed E-state index contributed by atoms with van der Waals surface area (Å²) in [7, 11) is 0. The lowest BCUT2D eigenvalue weighted by molar-refractivity contribution is -0.151. The van der Waals surface area contributed by atoms with Gasteiger partial charge in [-0.2, -0.15) is 5.26 Å². The molecule has 0 saturated heterocycles. The molecule has 0 spiro atoms. The van der Waals surface area contributed by atoms with Gasteiger partial charge in [0, 0.05) is 5.54 Å². The summed E-state index contributed by atoms with van der Waals surface area (Å²) in [6.07, 6.45) is 0.662. The molecule has 0 aliphatic rings. The predicted octanol–water partition coefficient (Wildman–Crippen LogP) is 1.77. The van der Waals surface area contributed by atoms with Gasteiger partial charge in [0.05, 0.1) is 17.5 Å². The van der Waals surface area contributed by atoms with Gasteiger partial charge in [-0.05, 0) is 34.1 Å². The van der Waals surface area contributed by atoms with Crippen molar-refractivity contribution < 1.29 is 9.90 Å². The zero-order chi connectivity index (χ0) is 12.3. The summed E-state index contributed by atoms with van der Waals surface area (Å²) >= 11 is 0. The van der Waals surface area contributed by atoms with Crippen molar-refractivity contribution in [2.75, 3.05) is 0 Å². The van der Waals surface area contributed by atoms with E-state index in [4.69, 9.17) is 10.4 Å². The zero-order valence-corrected chi connectivity index (χ0v) is 10.1. The molecule has 0 radical (unpaired) electrons. The number of carboxylic acids is 1. The van der Waals surface area contributed by atoms with Gasteiger partial charge >= 0.3 is 5.97 Å². The second kappa shape index (κ2) is 4.63. The molecule has 4 nitrogen and oxygen atoms in total. The topological polar surface area (TPSA) is 73.1 Å². The van der Waals surface area contributed by atoms with E-state index in [-0.39, 0.29) is 6.04 Å². The first-order valence-electron chi connectivity index (χ1n) is 5.09. The number of carboxylic acid groups (broad SMARTS) is 1. The molecule has 0 aliphatic heterocycles. The van der Waals surface area contributed by atoms with Crippen LogP contribution in [0.3, 0.4) is 0 Å². The fraction of sp³-hybridized carbons (Fsp3) is 0.818. The maximum absolute atomic E-state index is 11.1. The molecule has 4 heteroatoms. The van der Waals surface area contributed by atoms with Gasteiger partial charge in [0.1, 0.15) is 0 Å². The number of nitrogens with zero attached hydrogens (tertiary/aromatic N) is 1. The van der Waals surface area contributed by atoms with Crippen LogP contribution < -0.4 is 5.32 Å². The van der Waals surface area contributed by atoms with E-state index in [1.54, 1.807) is 27.7 Å². The Morgan fingerprint density at radius 2 is 1.93 bits per heavy atom. The Kier molecular flexibility index (Phi) is 4.29. The molecule has 0 aromatic heterocycles. The largest absolute Gasteiger partial charge is 0.481 e. The van der Waals surface area contributed by atoms with Crippen molar-refractivity contribution in [3.63, 3.8) is 0 Å². The van der Waals surface area contributed by atoms with Crippen molar-refractivity contribution in [3.8, 4) is 6.07 Å². The highest BCUT2D eigenvalue weighted by Crippen LogP contribution is 2.31. The first-order valence-corrected chi connectivity index (χ1v) is 5.09. The molecule has 0 rings (SSSR count). The highest BCUT2D eigenvalue weighted by Gasteiger charge is 2.44. The second-order valence-electron chi connectivity index (χ2n) is 4.79. The number of hydrogen-bond donors (Lipinski definition) is 2. The average molecular weight is 212 g/mol. The van der Waals surface area contributed by atoms with Gasteiger partial charge in [-0.1, -0.05) is 6.92 Å². The summed E-state index contributed by atoms with van der Waals surface area (Å²) in [5, 5.41) is 21.0. The van der Waals surface area contributed by atoms with Crippen molar-refractivity contribution in [1.29, 1.82) is 5.26 Å². The molecular formula is C11H20N2O2. The van der Waals surface area contributed by atoms with Gasteiger partial charge in [-0.3, -0.25) is 10.1 Å². The molecule has 2 N–H and O–H groups in total. The summed E-state index contributed by atoms with van der Waals surface area (Å²) in [6.45, 7) is 8.83. The summed E-state index contributed by atoms with van der Waals surface area (Å²) < 4.78 is 0. The van der Waals surface area contributed by atoms with Crippen LogP contribution in [-0.2, 0) is 4.79 Å². The highest BCUT2D eigenvalue weighted by molar-refractivity contribution is 5.75. The van der Waals surface area contributed by atoms with Crippen molar-refractivity contribution in [3.05, 3.63) is 0 Å². The van der Waals surface area contributed by atoms with Crippen LogP contribution in [0.25, 0.3) is 0 Å². The fourth-order valence-electron chi connectivity index (χ4n) is 1.11. The fourth-order valence-corrected chi connectivity index (χ4v) is 1.11. The number of hydrogen-bond acceptors (Lipinski definition) is 3. The van der Waals surface area contributed by atoms with Crippen molar-refractivity contribution in [1.82, 2.24) is 5.32 Å². The molecule has 0 heterocycles. The Morgan fingerprint density at radius 3 is 2.20 bits per heavy atom. The molecule has 0 saturated carbocycles. The van der Waals surface area contributed by atoms with Gasteiger partial charge in [0.2, 0.25) is 0 Å². The molecule has 1 unspecified atom stereocenters. The quantitative estimate of drug-likeness (QED) is 0.728. The SMILES string of the molecule is CCC(C#N)NC(C)(C)C(C)(C)C(=O)O. The van der Waals surface area contributed by atoms with E-state index in [1.165, 1.54) is 0 Å². The normalized spacial score (nSPS) is 14.4. The standard InChI is InChI=1S/C11H20N2O2/c1-6-8(7-12)13-11(4,5)10(2,3)9(14)15/h8,13H,6H2,1-5H3,(H,14,15). The molecule has 0 bridgehead atoms. The van der Waals surface area contributed by atoms with Crippen LogP contribution in [0.2, 0.25) is 0 Å². The monoisotopic (exact) mass is 212 g/mol. The second-order valence-corrected chi connectivity index (χ2v) is 4.79. The van der Waals surface area contributed by atoms with E-state index >= 15 is 0 Å². The van der Waals surface area contributed by atoms with Gasteiger partial charge in [-0.15, -0.1) is 0 Å². The van der Waals surface area contributed by atoms with Crippen LogP contribution in [-0.4, -0.2) is 22.7 Å². The van der Waals surface area contributed by atoms with Crippen LogP contribution in [0.15, 0.2) is 0 Å². The third-order valence-corrected chi connectivity index (χ3v) is 3.20. The van der Waals surface area contributed by atoms with Crippen molar-refractivity contribution in [2.45, 2.75) is 52.6 Å². The average Bonchev–Trinajstić information content (AvgIpc) is 2.13. The van der Waals surface area contributed by atoms with Gasteiger partial charge in [0.25, 0.3) is 0 Å². The van der Waals surface area contributed by atoms with E-state index in [0.717, 1.165) is 0 Å². The molecule has 0 amide bonds. The van der Waals surface area contributed by atoms with Gasteiger partial charge in [-0.25, -0.2) is 0 Å². The van der Waals surface area contributed by atoms with E-state index in [0.29, 0.717) is 6.42 Å². The maximum atomic E-state index is 11.1. The lowest BCUT2D eigenvalue weighted by Gasteiger charge is -2.40. The minimum Gasteiger partial charge on any atom is -0.481 e. The van der Waals surface area contributed by atoms with Crippen LogP contribution in [0, 0.1) is 16.7 Å². The maximum Gasteiger partial charge on any atom is 0.310 e. The Morgan fingerprint density at radius 1 is 1.47 bits per heavy atom. The smallest absolute Gasteiger partial charge is 0.310 e. The molecule has 86 valence electrons. The van der Waals surface area contributed by atoms with E-state index in [2.05, 4.69) is 11.4 Å². The molecule has 0 fully saturated rings.